The highest BCUT2D eigenvalue weighted by molar-refractivity contribution is 5.75. The number of imidazole rings is 1. The average Bonchev–Trinajstić information content (AvgIpc) is 3.16. The molecule has 0 bridgehead atoms. The second kappa shape index (κ2) is 8.84. The molecule has 5 rings (SSSR count). The van der Waals surface area contributed by atoms with Gasteiger partial charge in [0.25, 0.3) is 5.82 Å². The Bertz CT molecular complexity index is 1220. The molecule has 0 amide bonds. The van der Waals surface area contributed by atoms with Crippen LogP contribution < -0.4 is 9.47 Å². The number of carboxylic acid groups (broad SMARTS) is 1. The van der Waals surface area contributed by atoms with Crippen LogP contribution in [0, 0.1) is 11.3 Å². The van der Waals surface area contributed by atoms with Crippen molar-refractivity contribution in [3.05, 3.63) is 42.1 Å². The van der Waals surface area contributed by atoms with Gasteiger partial charge in [0.2, 0.25) is 0 Å². The van der Waals surface area contributed by atoms with Crippen LogP contribution in [0.2, 0.25) is 0 Å². The third-order valence-corrected chi connectivity index (χ3v) is 8.07. The first-order chi connectivity index (χ1) is 16.6. The number of alkyl halides is 3. The number of anilines is 1. The van der Waals surface area contributed by atoms with E-state index in [1.165, 1.54) is 6.07 Å². The van der Waals surface area contributed by atoms with Gasteiger partial charge in [-0.25, -0.2) is 14.5 Å². The Balaban J connectivity index is 1.26. The van der Waals surface area contributed by atoms with Gasteiger partial charge in [-0.2, -0.15) is 13.2 Å². The monoisotopic (exact) mass is 487 g/mol. The van der Waals surface area contributed by atoms with E-state index < -0.39 is 17.7 Å². The maximum atomic E-state index is 13.1. The zero-order chi connectivity index (χ0) is 24.8. The van der Waals surface area contributed by atoms with E-state index >= 15 is 0 Å². The van der Waals surface area contributed by atoms with Crippen molar-refractivity contribution >= 4 is 22.8 Å². The summed E-state index contributed by atoms with van der Waals surface area (Å²) >= 11 is 0. The van der Waals surface area contributed by atoms with Gasteiger partial charge in [-0.05, 0) is 74.1 Å². The van der Waals surface area contributed by atoms with Gasteiger partial charge >= 0.3 is 12.1 Å². The number of aliphatic carboxylic acids is 1. The number of pyridine rings is 1. The van der Waals surface area contributed by atoms with Gasteiger partial charge in [0.05, 0.1) is 18.2 Å². The number of H-pyrrole nitrogens is 1. The lowest BCUT2D eigenvalue weighted by Gasteiger charge is -2.46. The number of nitrogens with zero attached hydrogens (tertiary/aromatic N) is 3. The minimum atomic E-state index is -4.38. The molecule has 6 nitrogen and oxygen atoms in total. The maximum absolute atomic E-state index is 13.1. The van der Waals surface area contributed by atoms with Gasteiger partial charge < -0.3 is 10.0 Å². The van der Waals surface area contributed by atoms with Crippen molar-refractivity contribution in [2.75, 3.05) is 18.0 Å². The molecule has 35 heavy (non-hydrogen) atoms. The standard InChI is InChI=1S/C26H29F3N4O2/c1-32-21-15-19(26(27,28)29)3-4-20(21)31-24(32)18-2-5-22(30-16-18)33-12-10-25(11-13-33)8-6-17(7-9-25)14-23(34)35/h2-5,15-17H,6-14H2,1H3,(H,34,35)/p+1. The molecule has 0 atom stereocenters. The molecule has 186 valence electrons. The summed E-state index contributed by atoms with van der Waals surface area (Å²) in [4.78, 5) is 21.2. The number of benzene rings is 1. The van der Waals surface area contributed by atoms with Crippen LogP contribution in [0.1, 0.15) is 50.5 Å². The van der Waals surface area contributed by atoms with Gasteiger partial charge in [-0.1, -0.05) is 0 Å². The number of aromatic amines is 1. The van der Waals surface area contributed by atoms with Gasteiger partial charge in [0.15, 0.2) is 11.0 Å². The van der Waals surface area contributed by atoms with Crippen LogP contribution >= 0.6 is 0 Å². The predicted octanol–water partition coefficient (Wildman–Crippen LogP) is 5.32. The largest absolute Gasteiger partial charge is 0.481 e. The van der Waals surface area contributed by atoms with Crippen molar-refractivity contribution in [3.8, 4) is 11.4 Å². The third kappa shape index (κ3) is 4.73. The molecular weight excluding hydrogens is 457 g/mol. The Morgan fingerprint density at radius 3 is 2.49 bits per heavy atom. The fourth-order valence-electron chi connectivity index (χ4n) is 5.85. The number of nitrogens with one attached hydrogen (secondary N) is 1. The fourth-order valence-corrected chi connectivity index (χ4v) is 5.85. The molecule has 0 unspecified atom stereocenters. The van der Waals surface area contributed by atoms with Gasteiger partial charge in [-0.15, -0.1) is 0 Å². The van der Waals surface area contributed by atoms with Crippen LogP contribution in [0.25, 0.3) is 22.4 Å². The summed E-state index contributed by atoms with van der Waals surface area (Å²) in [5.74, 6) is 1.23. The van der Waals surface area contributed by atoms with Gasteiger partial charge in [-0.3, -0.25) is 4.79 Å². The molecule has 2 fully saturated rings. The maximum Gasteiger partial charge on any atom is 0.416 e. The number of halogens is 3. The molecule has 1 saturated heterocycles. The number of rotatable bonds is 4. The lowest BCUT2D eigenvalue weighted by molar-refractivity contribution is -0.633. The van der Waals surface area contributed by atoms with Crippen molar-refractivity contribution in [1.82, 2.24) is 9.97 Å². The van der Waals surface area contributed by atoms with Crippen LogP contribution in [0.15, 0.2) is 36.5 Å². The van der Waals surface area contributed by atoms with E-state index in [4.69, 9.17) is 5.11 Å². The Labute approximate surface area is 201 Å². The second-order valence-electron chi connectivity index (χ2n) is 10.2. The Morgan fingerprint density at radius 1 is 1.17 bits per heavy atom. The van der Waals surface area contributed by atoms with E-state index in [0.717, 1.165) is 75.1 Å². The SMILES string of the molecule is C[n+]1c(-c2ccc(N3CCC4(CCC(CC(=O)O)CC4)CC3)nc2)[nH]c2ccc(C(F)(F)F)cc21. The fraction of sp³-hybridized carbons (Fsp3) is 0.500. The molecular formula is C26H30F3N4O2+. The zero-order valence-electron chi connectivity index (χ0n) is 19.7. The van der Waals surface area contributed by atoms with Crippen LogP contribution in [0.5, 0.6) is 0 Å². The lowest BCUT2D eigenvalue weighted by atomic mass is 9.65. The molecule has 1 aromatic carbocycles. The molecule has 0 radical (unpaired) electrons. The minimum absolute atomic E-state index is 0.288. The van der Waals surface area contributed by atoms with E-state index in [-0.39, 0.29) is 6.42 Å². The molecule has 2 aliphatic rings. The van der Waals surface area contributed by atoms with E-state index in [2.05, 4.69) is 14.9 Å². The average molecular weight is 488 g/mol. The van der Waals surface area contributed by atoms with Gasteiger partial charge in [0.1, 0.15) is 5.82 Å². The van der Waals surface area contributed by atoms with E-state index in [0.29, 0.717) is 28.2 Å². The first-order valence-corrected chi connectivity index (χ1v) is 12.2. The minimum Gasteiger partial charge on any atom is -0.481 e. The Kier molecular flexibility index (Phi) is 5.97. The highest BCUT2D eigenvalue weighted by Gasteiger charge is 2.38. The molecule has 1 aliphatic heterocycles. The number of piperidine rings is 1. The normalized spacial score (nSPS) is 18.9. The van der Waals surface area contributed by atoms with Gasteiger partial charge in [0, 0.05) is 31.8 Å². The number of aryl methyl sites for hydroxylation is 1. The second-order valence-corrected chi connectivity index (χ2v) is 10.2. The summed E-state index contributed by atoms with van der Waals surface area (Å²) < 4.78 is 41.1. The topological polar surface area (TPSA) is 73.1 Å². The van der Waals surface area contributed by atoms with Crippen molar-refractivity contribution < 1.29 is 27.6 Å². The summed E-state index contributed by atoms with van der Waals surface area (Å²) in [7, 11) is 1.75. The van der Waals surface area contributed by atoms with Crippen molar-refractivity contribution in [1.29, 1.82) is 0 Å². The summed E-state index contributed by atoms with van der Waals surface area (Å²) in [6, 6.07) is 7.65. The van der Waals surface area contributed by atoms with Crippen molar-refractivity contribution in [2.24, 2.45) is 18.4 Å². The number of fused-ring (bicyclic) bond motifs is 1. The molecule has 3 heterocycles. The third-order valence-electron chi connectivity index (χ3n) is 8.07. The number of carbonyl (C=O) groups is 1. The lowest BCUT2D eigenvalue weighted by Crippen LogP contribution is -2.42. The summed E-state index contributed by atoms with van der Waals surface area (Å²) in [6.07, 6.45) is 4.09. The number of hydrogen-bond acceptors (Lipinski definition) is 3. The number of hydrogen-bond donors (Lipinski definition) is 2. The van der Waals surface area contributed by atoms with Crippen molar-refractivity contribution in [2.45, 2.75) is 51.1 Å². The van der Waals surface area contributed by atoms with E-state index in [1.807, 2.05) is 12.1 Å². The van der Waals surface area contributed by atoms with Crippen LogP contribution in [0.3, 0.4) is 0 Å². The Morgan fingerprint density at radius 2 is 1.89 bits per heavy atom. The highest BCUT2D eigenvalue weighted by atomic mass is 19.4. The first-order valence-electron chi connectivity index (χ1n) is 12.2. The molecule has 2 N–H and O–H groups in total. The smallest absolute Gasteiger partial charge is 0.416 e. The van der Waals surface area contributed by atoms with Crippen LogP contribution in [-0.4, -0.2) is 34.1 Å². The number of aromatic nitrogens is 3. The van der Waals surface area contributed by atoms with E-state index in [1.54, 1.807) is 17.8 Å². The first kappa shape index (κ1) is 23.6. The quantitative estimate of drug-likeness (QED) is 0.489. The van der Waals surface area contributed by atoms with Crippen molar-refractivity contribution in [3.63, 3.8) is 0 Å². The zero-order valence-corrected chi connectivity index (χ0v) is 19.7. The molecule has 1 saturated carbocycles. The molecule has 1 aliphatic carbocycles. The molecule has 2 aromatic heterocycles. The summed E-state index contributed by atoms with van der Waals surface area (Å²) in [6.45, 7) is 1.85. The van der Waals surface area contributed by atoms with E-state index in [9.17, 15) is 18.0 Å². The summed E-state index contributed by atoms with van der Waals surface area (Å²) in [5.41, 5.74) is 1.60. The summed E-state index contributed by atoms with van der Waals surface area (Å²) in [5, 5.41) is 9.05. The Hall–Kier alpha value is -3.10. The molecule has 9 heteroatoms. The molecule has 3 aromatic rings. The van der Waals surface area contributed by atoms with Crippen LogP contribution in [0.4, 0.5) is 19.0 Å². The predicted molar refractivity (Wildman–Crippen MR) is 126 cm³/mol. The highest BCUT2D eigenvalue weighted by Crippen LogP contribution is 2.47. The number of carboxylic acids is 1. The molecule has 1 spiro atoms. The van der Waals surface area contributed by atoms with Crippen LogP contribution in [-0.2, 0) is 18.0 Å².